The molecule has 0 unspecified atom stereocenters. The minimum absolute atomic E-state index is 0.273. The Hall–Kier alpha value is -0.900. The molecule has 15 heavy (non-hydrogen) atoms. The van der Waals surface area contributed by atoms with Crippen LogP contribution in [-0.4, -0.2) is 26.3 Å². The van der Waals surface area contributed by atoms with Crippen molar-refractivity contribution in [2.24, 2.45) is 4.99 Å². The zero-order chi connectivity index (χ0) is 11.3. The van der Waals surface area contributed by atoms with Gasteiger partial charge in [-0.1, -0.05) is 13.8 Å². The number of hydrogen-bond donors (Lipinski definition) is 0. The molecule has 1 heterocycles. The maximum Gasteiger partial charge on any atom is 0.184 e. The fraction of sp³-hybridized carbons (Fsp3) is 0.545. The van der Waals surface area contributed by atoms with Crippen molar-refractivity contribution in [2.75, 3.05) is 0 Å². The molecule has 0 saturated carbocycles. The lowest BCUT2D eigenvalue weighted by atomic mass is 10.4. The summed E-state index contributed by atoms with van der Waals surface area (Å²) in [5.74, 6) is 0.727. The predicted octanol–water partition coefficient (Wildman–Crippen LogP) is 2.77. The molecule has 0 bridgehead atoms. The zero-order valence-corrected chi connectivity index (χ0v) is 10.5. The third-order valence-electron chi connectivity index (χ3n) is 1.48. The van der Waals surface area contributed by atoms with Gasteiger partial charge in [0, 0.05) is 23.7 Å². The summed E-state index contributed by atoms with van der Waals surface area (Å²) < 4.78 is 0. The summed E-state index contributed by atoms with van der Waals surface area (Å²) in [6.07, 6.45) is 3.50. The van der Waals surface area contributed by atoms with Crippen LogP contribution in [0.1, 0.15) is 33.5 Å². The van der Waals surface area contributed by atoms with Crippen molar-refractivity contribution in [1.29, 1.82) is 0 Å². The summed E-state index contributed by atoms with van der Waals surface area (Å²) in [4.78, 5) is 13.0. The van der Waals surface area contributed by atoms with Gasteiger partial charge in [0.1, 0.15) is 5.04 Å². The summed E-state index contributed by atoms with van der Waals surface area (Å²) in [5, 5.41) is 1.42. The molecule has 1 aromatic rings. The lowest BCUT2D eigenvalue weighted by Gasteiger charge is -2.08. The largest absolute Gasteiger partial charge is 0.272 e. The van der Waals surface area contributed by atoms with Gasteiger partial charge in [-0.3, -0.25) is 4.99 Å². The molecule has 3 nitrogen and oxygen atoms in total. The van der Waals surface area contributed by atoms with Crippen LogP contribution in [-0.2, 0) is 0 Å². The monoisotopic (exact) mass is 223 g/mol. The number of rotatable bonds is 3. The standard InChI is InChI=1S/C11H17N3S/c1-8(2)14-11(15-9(3)4)10-12-6-5-7-13-10/h5-9H,1-4H3. The Bertz CT molecular complexity index is 320. The van der Waals surface area contributed by atoms with Crippen LogP contribution in [0, 0.1) is 0 Å². The first kappa shape index (κ1) is 12.2. The van der Waals surface area contributed by atoms with Crippen molar-refractivity contribution >= 4 is 16.8 Å². The highest BCUT2D eigenvalue weighted by Gasteiger charge is 2.09. The molecule has 0 saturated heterocycles. The van der Waals surface area contributed by atoms with E-state index in [9.17, 15) is 0 Å². The highest BCUT2D eigenvalue weighted by Crippen LogP contribution is 2.16. The van der Waals surface area contributed by atoms with E-state index in [0.717, 1.165) is 10.9 Å². The fourth-order valence-corrected chi connectivity index (χ4v) is 1.94. The van der Waals surface area contributed by atoms with Gasteiger partial charge in [0.25, 0.3) is 0 Å². The van der Waals surface area contributed by atoms with Gasteiger partial charge in [0.15, 0.2) is 5.82 Å². The summed E-state index contributed by atoms with van der Waals surface area (Å²) >= 11 is 1.71. The Labute approximate surface area is 95.4 Å². The van der Waals surface area contributed by atoms with Crippen LogP contribution in [0.3, 0.4) is 0 Å². The first-order valence-electron chi connectivity index (χ1n) is 5.11. The lowest BCUT2D eigenvalue weighted by Crippen LogP contribution is -2.08. The average molecular weight is 223 g/mol. The van der Waals surface area contributed by atoms with Crippen LogP contribution in [0.5, 0.6) is 0 Å². The van der Waals surface area contributed by atoms with Gasteiger partial charge in [-0.25, -0.2) is 9.97 Å². The molecule has 0 fully saturated rings. The Kier molecular flexibility index (Phi) is 4.75. The van der Waals surface area contributed by atoms with Gasteiger partial charge < -0.3 is 0 Å². The van der Waals surface area contributed by atoms with Gasteiger partial charge in [-0.05, 0) is 19.9 Å². The number of hydrogen-bond acceptors (Lipinski definition) is 4. The van der Waals surface area contributed by atoms with E-state index in [2.05, 4.69) is 42.7 Å². The van der Waals surface area contributed by atoms with E-state index < -0.39 is 0 Å². The smallest absolute Gasteiger partial charge is 0.184 e. The van der Waals surface area contributed by atoms with E-state index in [1.165, 1.54) is 0 Å². The number of aromatic nitrogens is 2. The van der Waals surface area contributed by atoms with Crippen molar-refractivity contribution in [3.63, 3.8) is 0 Å². The van der Waals surface area contributed by atoms with Crippen LogP contribution >= 0.6 is 11.8 Å². The highest BCUT2D eigenvalue weighted by molar-refractivity contribution is 8.14. The minimum atomic E-state index is 0.273. The Morgan fingerprint density at radius 3 is 2.27 bits per heavy atom. The molecule has 0 aliphatic rings. The maximum absolute atomic E-state index is 4.54. The van der Waals surface area contributed by atoms with Crippen LogP contribution < -0.4 is 0 Å². The fourth-order valence-electron chi connectivity index (χ4n) is 1.01. The number of nitrogens with zero attached hydrogens (tertiary/aromatic N) is 3. The number of thioether (sulfide) groups is 1. The van der Waals surface area contributed by atoms with E-state index in [-0.39, 0.29) is 6.04 Å². The summed E-state index contributed by atoms with van der Waals surface area (Å²) in [7, 11) is 0. The number of aliphatic imine (C=N–C) groups is 1. The van der Waals surface area contributed by atoms with Crippen LogP contribution in [0.4, 0.5) is 0 Å². The van der Waals surface area contributed by atoms with E-state index in [4.69, 9.17) is 0 Å². The first-order chi connectivity index (χ1) is 7.09. The normalized spacial score (nSPS) is 12.5. The minimum Gasteiger partial charge on any atom is -0.272 e. The second-order valence-electron chi connectivity index (χ2n) is 3.77. The maximum atomic E-state index is 4.54. The molecular formula is C11H17N3S. The van der Waals surface area contributed by atoms with Crippen molar-refractivity contribution in [3.8, 4) is 0 Å². The summed E-state index contributed by atoms with van der Waals surface area (Å²) in [5.41, 5.74) is 0. The van der Waals surface area contributed by atoms with Gasteiger partial charge >= 0.3 is 0 Å². The Morgan fingerprint density at radius 2 is 1.80 bits per heavy atom. The third kappa shape index (κ3) is 4.42. The molecule has 0 N–H and O–H groups in total. The quantitative estimate of drug-likeness (QED) is 0.584. The van der Waals surface area contributed by atoms with Crippen molar-refractivity contribution in [2.45, 2.75) is 39.0 Å². The van der Waals surface area contributed by atoms with Crippen molar-refractivity contribution in [3.05, 3.63) is 24.3 Å². The van der Waals surface area contributed by atoms with E-state index in [1.54, 1.807) is 24.2 Å². The van der Waals surface area contributed by atoms with Gasteiger partial charge in [-0.2, -0.15) is 0 Å². The van der Waals surface area contributed by atoms with Crippen LogP contribution in [0.25, 0.3) is 0 Å². The average Bonchev–Trinajstić information content (AvgIpc) is 2.17. The van der Waals surface area contributed by atoms with Gasteiger partial charge in [0.05, 0.1) is 0 Å². The molecule has 0 spiro atoms. The highest BCUT2D eigenvalue weighted by atomic mass is 32.2. The molecule has 1 rings (SSSR count). The van der Waals surface area contributed by atoms with E-state index in [1.807, 2.05) is 6.07 Å². The van der Waals surface area contributed by atoms with Crippen LogP contribution in [0.15, 0.2) is 23.5 Å². The molecule has 1 aromatic heterocycles. The first-order valence-corrected chi connectivity index (χ1v) is 5.99. The molecule has 82 valence electrons. The molecule has 0 aliphatic heterocycles. The van der Waals surface area contributed by atoms with Gasteiger partial charge in [-0.15, -0.1) is 11.8 Å². The Morgan fingerprint density at radius 1 is 1.20 bits per heavy atom. The zero-order valence-electron chi connectivity index (χ0n) is 9.64. The molecule has 0 amide bonds. The van der Waals surface area contributed by atoms with E-state index in [0.29, 0.717) is 5.25 Å². The van der Waals surface area contributed by atoms with Crippen molar-refractivity contribution < 1.29 is 0 Å². The molecule has 0 aromatic carbocycles. The van der Waals surface area contributed by atoms with Crippen LogP contribution in [0.2, 0.25) is 0 Å². The lowest BCUT2D eigenvalue weighted by molar-refractivity contribution is 0.837. The second-order valence-corrected chi connectivity index (χ2v) is 5.33. The molecule has 0 atom stereocenters. The Balaban J connectivity index is 2.92. The van der Waals surface area contributed by atoms with E-state index >= 15 is 0 Å². The molecular weight excluding hydrogens is 206 g/mol. The second kappa shape index (κ2) is 5.85. The van der Waals surface area contributed by atoms with Gasteiger partial charge in [0.2, 0.25) is 0 Å². The summed E-state index contributed by atoms with van der Waals surface area (Å²) in [6.45, 7) is 8.40. The third-order valence-corrected chi connectivity index (χ3v) is 2.46. The predicted molar refractivity (Wildman–Crippen MR) is 66.4 cm³/mol. The SMILES string of the molecule is CC(C)N=C(SC(C)C)c1ncccn1. The molecule has 0 aliphatic carbocycles. The molecule has 0 radical (unpaired) electrons. The topological polar surface area (TPSA) is 38.1 Å². The van der Waals surface area contributed by atoms with Crippen molar-refractivity contribution in [1.82, 2.24) is 9.97 Å². The molecule has 4 heteroatoms. The summed E-state index contributed by atoms with van der Waals surface area (Å²) in [6, 6.07) is 2.09.